The quantitative estimate of drug-likeness (QED) is 0.817. The second-order valence-corrected chi connectivity index (χ2v) is 6.27. The lowest BCUT2D eigenvalue weighted by atomic mass is 10.0. The fourth-order valence-corrected chi connectivity index (χ4v) is 3.29. The molecule has 2 N–H and O–H groups in total. The molecule has 1 atom stereocenters. The van der Waals surface area contributed by atoms with E-state index in [4.69, 9.17) is 5.73 Å². The number of halogens is 2. The van der Waals surface area contributed by atoms with Crippen LogP contribution < -0.4 is 5.73 Å². The normalized spacial score (nSPS) is 12.4. The molecule has 0 amide bonds. The first kappa shape index (κ1) is 14.7. The Morgan fingerprint density at radius 2 is 1.89 bits per heavy atom. The summed E-state index contributed by atoms with van der Waals surface area (Å²) in [6, 6.07) is 12.5. The van der Waals surface area contributed by atoms with Crippen LogP contribution in [0.25, 0.3) is 0 Å². The van der Waals surface area contributed by atoms with Crippen molar-refractivity contribution in [2.45, 2.75) is 25.3 Å². The number of aromatic nitrogens is 1. The maximum Gasteiger partial charge on any atom is 0.0713 e. The second-order valence-electron chi connectivity index (χ2n) is 4.50. The van der Waals surface area contributed by atoms with Gasteiger partial charge in [-0.15, -0.1) is 0 Å². The van der Waals surface area contributed by atoms with Crippen LogP contribution in [-0.4, -0.2) is 4.98 Å². The van der Waals surface area contributed by atoms with Gasteiger partial charge in [-0.2, -0.15) is 0 Å². The van der Waals surface area contributed by atoms with Crippen molar-refractivity contribution in [1.29, 1.82) is 0 Å². The highest BCUT2D eigenvalue weighted by Crippen LogP contribution is 2.26. The molecule has 0 saturated heterocycles. The van der Waals surface area contributed by atoms with Crippen LogP contribution in [-0.2, 0) is 6.42 Å². The van der Waals surface area contributed by atoms with Gasteiger partial charge < -0.3 is 5.73 Å². The van der Waals surface area contributed by atoms with E-state index in [2.05, 4.69) is 61.1 Å². The Morgan fingerprint density at radius 3 is 2.58 bits per heavy atom. The molecule has 1 heterocycles. The summed E-state index contributed by atoms with van der Waals surface area (Å²) in [6.45, 7) is 0. The maximum absolute atomic E-state index is 6.20. The lowest BCUT2D eigenvalue weighted by molar-refractivity contribution is 0.595. The van der Waals surface area contributed by atoms with Crippen LogP contribution in [0.3, 0.4) is 0 Å². The van der Waals surface area contributed by atoms with Crippen LogP contribution >= 0.6 is 31.9 Å². The highest BCUT2D eigenvalue weighted by Gasteiger charge is 2.11. The van der Waals surface area contributed by atoms with Crippen molar-refractivity contribution in [1.82, 2.24) is 4.98 Å². The third-order valence-corrected chi connectivity index (χ3v) is 4.08. The van der Waals surface area contributed by atoms with Crippen LogP contribution in [0.1, 0.15) is 30.1 Å². The smallest absolute Gasteiger partial charge is 0.0713 e. The van der Waals surface area contributed by atoms with E-state index in [1.807, 2.05) is 12.1 Å². The first-order valence-electron chi connectivity index (χ1n) is 6.27. The lowest BCUT2D eigenvalue weighted by Crippen LogP contribution is -2.13. The van der Waals surface area contributed by atoms with Crippen molar-refractivity contribution in [2.24, 2.45) is 5.73 Å². The van der Waals surface area contributed by atoms with E-state index in [0.717, 1.165) is 33.9 Å². The number of rotatable bonds is 5. The minimum absolute atomic E-state index is 0.0220. The Kier molecular flexibility index (Phi) is 5.55. The first-order valence-corrected chi connectivity index (χ1v) is 7.86. The van der Waals surface area contributed by atoms with Crippen molar-refractivity contribution in [3.05, 3.63) is 62.8 Å². The van der Waals surface area contributed by atoms with Gasteiger partial charge in [-0.3, -0.25) is 4.98 Å². The zero-order chi connectivity index (χ0) is 13.7. The molecule has 1 aromatic carbocycles. The predicted octanol–water partition coefficient (Wildman–Crippen LogP) is 4.63. The van der Waals surface area contributed by atoms with Gasteiger partial charge in [0.1, 0.15) is 0 Å². The van der Waals surface area contributed by atoms with Gasteiger partial charge >= 0.3 is 0 Å². The third-order valence-electron chi connectivity index (χ3n) is 3.01. The number of pyridine rings is 1. The minimum atomic E-state index is -0.0220. The van der Waals surface area contributed by atoms with Crippen molar-refractivity contribution in [3.63, 3.8) is 0 Å². The van der Waals surface area contributed by atoms with Gasteiger partial charge in [0.25, 0.3) is 0 Å². The molecule has 0 aliphatic heterocycles. The van der Waals surface area contributed by atoms with Crippen molar-refractivity contribution >= 4 is 31.9 Å². The predicted molar refractivity (Wildman–Crippen MR) is 85.9 cm³/mol. The number of hydrogen-bond acceptors (Lipinski definition) is 2. The third kappa shape index (κ3) is 4.41. The van der Waals surface area contributed by atoms with E-state index in [0.29, 0.717) is 0 Å². The molecule has 1 aromatic heterocycles. The highest BCUT2D eigenvalue weighted by atomic mass is 79.9. The molecule has 0 radical (unpaired) electrons. The fraction of sp³-hybridized carbons (Fsp3) is 0.267. The Morgan fingerprint density at radius 1 is 1.16 bits per heavy atom. The van der Waals surface area contributed by atoms with Crippen LogP contribution in [0.15, 0.2) is 51.5 Å². The molecule has 2 rings (SSSR count). The van der Waals surface area contributed by atoms with E-state index < -0.39 is 0 Å². The summed E-state index contributed by atoms with van der Waals surface area (Å²) in [4.78, 5) is 4.38. The first-order chi connectivity index (χ1) is 9.16. The molecule has 2 nitrogen and oxygen atoms in total. The molecule has 0 aliphatic rings. The van der Waals surface area contributed by atoms with Crippen LogP contribution in [0.2, 0.25) is 0 Å². The van der Waals surface area contributed by atoms with E-state index in [-0.39, 0.29) is 6.04 Å². The van der Waals surface area contributed by atoms with E-state index >= 15 is 0 Å². The molecular formula is C15H16Br2N2. The van der Waals surface area contributed by atoms with Gasteiger partial charge in [-0.25, -0.2) is 0 Å². The molecule has 0 spiro atoms. The Balaban J connectivity index is 1.89. The average Bonchev–Trinajstić information content (AvgIpc) is 2.39. The van der Waals surface area contributed by atoms with Crippen LogP contribution in [0, 0.1) is 0 Å². The van der Waals surface area contributed by atoms with E-state index in [9.17, 15) is 0 Å². The fourth-order valence-electron chi connectivity index (χ4n) is 2.01. The van der Waals surface area contributed by atoms with Crippen molar-refractivity contribution in [2.75, 3.05) is 0 Å². The molecule has 4 heteroatoms. The average molecular weight is 384 g/mol. The molecule has 0 saturated carbocycles. The van der Waals surface area contributed by atoms with Gasteiger partial charge in [-0.05, 0) is 62.8 Å². The molecule has 2 aromatic rings. The number of nitrogens with zero attached hydrogens (tertiary/aromatic N) is 1. The van der Waals surface area contributed by atoms with E-state index in [1.165, 1.54) is 5.56 Å². The second kappa shape index (κ2) is 7.17. The SMILES string of the molecule is NC(CCCc1ccccc1)c1ncc(Br)cc1Br. The van der Waals surface area contributed by atoms with Gasteiger partial charge in [-0.1, -0.05) is 30.3 Å². The summed E-state index contributed by atoms with van der Waals surface area (Å²) in [5, 5.41) is 0. The van der Waals surface area contributed by atoms with Crippen molar-refractivity contribution in [3.8, 4) is 0 Å². The van der Waals surface area contributed by atoms with Gasteiger partial charge in [0.05, 0.1) is 5.69 Å². The number of benzene rings is 1. The molecular weight excluding hydrogens is 368 g/mol. The van der Waals surface area contributed by atoms with Crippen LogP contribution in [0.4, 0.5) is 0 Å². The molecule has 100 valence electrons. The number of aryl methyl sites for hydroxylation is 1. The van der Waals surface area contributed by atoms with Gasteiger partial charge in [0.2, 0.25) is 0 Å². The summed E-state index contributed by atoms with van der Waals surface area (Å²) in [6.07, 6.45) is 4.84. The lowest BCUT2D eigenvalue weighted by Gasteiger charge is -2.13. The molecule has 0 aliphatic carbocycles. The zero-order valence-corrected chi connectivity index (χ0v) is 13.7. The largest absolute Gasteiger partial charge is 0.323 e. The molecule has 19 heavy (non-hydrogen) atoms. The summed E-state index contributed by atoms with van der Waals surface area (Å²) in [5.41, 5.74) is 8.49. The minimum Gasteiger partial charge on any atom is -0.323 e. The van der Waals surface area contributed by atoms with Crippen molar-refractivity contribution < 1.29 is 0 Å². The topological polar surface area (TPSA) is 38.9 Å². The van der Waals surface area contributed by atoms with Gasteiger partial charge in [0.15, 0.2) is 0 Å². The Labute approximate surface area is 130 Å². The molecule has 0 fully saturated rings. The molecule has 1 unspecified atom stereocenters. The standard InChI is InChI=1S/C15H16Br2N2/c16-12-9-13(17)15(19-10-12)14(18)8-4-7-11-5-2-1-3-6-11/h1-3,5-6,9-10,14H,4,7-8,18H2. The zero-order valence-electron chi connectivity index (χ0n) is 10.5. The summed E-state index contributed by atoms with van der Waals surface area (Å²) in [5.74, 6) is 0. The summed E-state index contributed by atoms with van der Waals surface area (Å²) >= 11 is 6.91. The monoisotopic (exact) mass is 382 g/mol. The Bertz CT molecular complexity index is 529. The maximum atomic E-state index is 6.20. The summed E-state index contributed by atoms with van der Waals surface area (Å²) < 4.78 is 1.92. The number of hydrogen-bond donors (Lipinski definition) is 1. The Hall–Kier alpha value is -0.710. The highest BCUT2D eigenvalue weighted by molar-refractivity contribution is 9.11. The van der Waals surface area contributed by atoms with Crippen LogP contribution in [0.5, 0.6) is 0 Å². The van der Waals surface area contributed by atoms with E-state index in [1.54, 1.807) is 6.20 Å². The summed E-state index contributed by atoms with van der Waals surface area (Å²) in [7, 11) is 0. The van der Waals surface area contributed by atoms with Gasteiger partial charge in [0, 0.05) is 21.2 Å². The number of nitrogens with two attached hydrogens (primary N) is 1. The molecule has 0 bridgehead atoms.